The van der Waals surface area contributed by atoms with Crippen LogP contribution in [0.25, 0.3) is 0 Å². The number of hydrogen-bond donors (Lipinski definition) is 2. The Bertz CT molecular complexity index is 442. The van der Waals surface area contributed by atoms with Gasteiger partial charge in [0, 0.05) is 17.2 Å². The summed E-state index contributed by atoms with van der Waals surface area (Å²) < 4.78 is 27.1. The van der Waals surface area contributed by atoms with E-state index < -0.39 is 11.6 Å². The minimum Gasteiger partial charge on any atom is -0.302 e. The Morgan fingerprint density at radius 2 is 1.89 bits per heavy atom. The van der Waals surface area contributed by atoms with E-state index in [2.05, 4.69) is 10.3 Å². The number of nitrogens with one attached hydrogen (secondary N) is 1. The van der Waals surface area contributed by atoms with Gasteiger partial charge in [0.25, 0.3) is 0 Å². The summed E-state index contributed by atoms with van der Waals surface area (Å²) >= 11 is 0. The van der Waals surface area contributed by atoms with Crippen molar-refractivity contribution in [1.29, 1.82) is 0 Å². The summed E-state index contributed by atoms with van der Waals surface area (Å²) in [4.78, 5) is 2.10. The molecule has 0 amide bonds. The molecule has 1 fully saturated rings. The van der Waals surface area contributed by atoms with Gasteiger partial charge in [-0.3, -0.25) is 11.3 Å². The topological polar surface area (TPSA) is 41.3 Å². The Morgan fingerprint density at radius 3 is 2.37 bits per heavy atom. The van der Waals surface area contributed by atoms with Crippen LogP contribution in [-0.4, -0.2) is 24.5 Å². The molecule has 1 unspecified atom stereocenters. The first-order valence-corrected chi connectivity index (χ1v) is 6.60. The number of hydrogen-bond acceptors (Lipinski definition) is 3. The van der Waals surface area contributed by atoms with E-state index in [0.29, 0.717) is 5.56 Å². The lowest BCUT2D eigenvalue weighted by molar-refractivity contribution is 0.103. The summed E-state index contributed by atoms with van der Waals surface area (Å²) in [6.07, 6.45) is 4.09. The highest BCUT2D eigenvalue weighted by Crippen LogP contribution is 2.43. The van der Waals surface area contributed by atoms with Crippen LogP contribution in [0.2, 0.25) is 0 Å². The molecule has 19 heavy (non-hydrogen) atoms. The van der Waals surface area contributed by atoms with Crippen molar-refractivity contribution in [3.63, 3.8) is 0 Å². The molecule has 1 aliphatic carbocycles. The quantitative estimate of drug-likeness (QED) is 0.651. The summed E-state index contributed by atoms with van der Waals surface area (Å²) in [6.45, 7) is 0. The Balaban J connectivity index is 2.43. The molecule has 3 nitrogen and oxygen atoms in total. The molecule has 0 radical (unpaired) electrons. The maximum Gasteiger partial charge on any atom is 0.131 e. The van der Waals surface area contributed by atoms with E-state index in [-0.39, 0.29) is 11.6 Å². The van der Waals surface area contributed by atoms with Crippen molar-refractivity contribution < 1.29 is 8.78 Å². The van der Waals surface area contributed by atoms with Crippen molar-refractivity contribution >= 4 is 0 Å². The minimum atomic E-state index is -0.567. The van der Waals surface area contributed by atoms with E-state index in [1.165, 1.54) is 12.1 Å². The van der Waals surface area contributed by atoms with Crippen molar-refractivity contribution in [2.45, 2.75) is 37.3 Å². The van der Waals surface area contributed by atoms with Gasteiger partial charge in [-0.1, -0.05) is 18.9 Å². The second-order valence-electron chi connectivity index (χ2n) is 5.47. The first-order chi connectivity index (χ1) is 9.01. The van der Waals surface area contributed by atoms with Gasteiger partial charge in [-0.25, -0.2) is 8.78 Å². The summed E-state index contributed by atoms with van der Waals surface area (Å²) in [5.41, 5.74) is 2.95. The van der Waals surface area contributed by atoms with Crippen LogP contribution < -0.4 is 11.3 Å². The van der Waals surface area contributed by atoms with Crippen molar-refractivity contribution in [2.75, 3.05) is 14.1 Å². The Morgan fingerprint density at radius 1 is 1.26 bits per heavy atom. The molecular weight excluding hydrogens is 248 g/mol. The third-order valence-electron chi connectivity index (χ3n) is 4.34. The summed E-state index contributed by atoms with van der Waals surface area (Å²) in [6, 6.07) is 3.34. The van der Waals surface area contributed by atoms with Crippen LogP contribution in [0.15, 0.2) is 18.2 Å². The molecule has 0 spiro atoms. The van der Waals surface area contributed by atoms with Crippen LogP contribution in [-0.2, 0) is 0 Å². The Kier molecular flexibility index (Phi) is 4.18. The highest BCUT2D eigenvalue weighted by Gasteiger charge is 2.44. The third kappa shape index (κ3) is 2.50. The highest BCUT2D eigenvalue weighted by molar-refractivity contribution is 5.26. The molecule has 0 aromatic heterocycles. The van der Waals surface area contributed by atoms with Crippen molar-refractivity contribution in [3.8, 4) is 0 Å². The molecule has 0 saturated heterocycles. The van der Waals surface area contributed by atoms with Gasteiger partial charge in [0.15, 0.2) is 0 Å². The Hall–Kier alpha value is -1.04. The molecule has 1 aromatic carbocycles. The minimum absolute atomic E-state index is 0.215. The molecule has 1 atom stereocenters. The van der Waals surface area contributed by atoms with Crippen LogP contribution in [0.5, 0.6) is 0 Å². The number of hydrazine groups is 1. The normalized spacial score (nSPS) is 19.9. The lowest BCUT2D eigenvalue weighted by atomic mass is 9.82. The van der Waals surface area contributed by atoms with E-state index in [0.717, 1.165) is 31.7 Å². The molecule has 1 aliphatic rings. The monoisotopic (exact) mass is 269 g/mol. The van der Waals surface area contributed by atoms with Crippen molar-refractivity contribution in [1.82, 2.24) is 10.3 Å². The smallest absolute Gasteiger partial charge is 0.131 e. The maximum atomic E-state index is 14.0. The van der Waals surface area contributed by atoms with E-state index in [1.807, 2.05) is 14.1 Å². The van der Waals surface area contributed by atoms with E-state index in [4.69, 9.17) is 5.84 Å². The summed E-state index contributed by atoms with van der Waals surface area (Å²) in [7, 11) is 3.97. The van der Waals surface area contributed by atoms with Gasteiger partial charge in [-0.15, -0.1) is 0 Å². The number of halogens is 2. The highest BCUT2D eigenvalue weighted by atomic mass is 19.1. The standard InChI is InChI=1S/C14H21F2N3/c1-19(2)14(7-3-4-8-14)13(18-17)11-6-5-10(15)9-12(11)16/h5-6,9,13,18H,3-4,7-8,17H2,1-2H3. The predicted molar refractivity (Wildman–Crippen MR) is 71.3 cm³/mol. The van der Waals surface area contributed by atoms with Gasteiger partial charge in [-0.2, -0.15) is 0 Å². The van der Waals surface area contributed by atoms with Gasteiger partial charge in [0.1, 0.15) is 11.6 Å². The fourth-order valence-electron chi connectivity index (χ4n) is 3.25. The van der Waals surface area contributed by atoms with E-state index in [1.54, 1.807) is 0 Å². The number of nitrogens with zero attached hydrogens (tertiary/aromatic N) is 1. The third-order valence-corrected chi connectivity index (χ3v) is 4.34. The van der Waals surface area contributed by atoms with Crippen LogP contribution in [0.3, 0.4) is 0 Å². The molecule has 0 bridgehead atoms. The lowest BCUT2D eigenvalue weighted by Gasteiger charge is -2.43. The molecule has 1 saturated carbocycles. The fraction of sp³-hybridized carbons (Fsp3) is 0.571. The summed E-state index contributed by atoms with van der Waals surface area (Å²) in [5, 5.41) is 0. The summed E-state index contributed by atoms with van der Waals surface area (Å²) in [5.74, 6) is 4.56. The zero-order valence-electron chi connectivity index (χ0n) is 11.4. The molecule has 1 aromatic rings. The average molecular weight is 269 g/mol. The van der Waals surface area contributed by atoms with E-state index >= 15 is 0 Å². The van der Waals surface area contributed by atoms with Crippen LogP contribution >= 0.6 is 0 Å². The van der Waals surface area contributed by atoms with Crippen LogP contribution in [0.1, 0.15) is 37.3 Å². The van der Waals surface area contributed by atoms with Gasteiger partial charge in [-0.05, 0) is 33.0 Å². The zero-order valence-corrected chi connectivity index (χ0v) is 11.4. The number of benzene rings is 1. The second kappa shape index (κ2) is 5.53. The molecule has 3 N–H and O–H groups in total. The van der Waals surface area contributed by atoms with Gasteiger partial charge in [0.05, 0.1) is 6.04 Å². The molecule has 0 aliphatic heterocycles. The maximum absolute atomic E-state index is 14.0. The first kappa shape index (κ1) is 14.4. The number of likely N-dealkylation sites (N-methyl/N-ethyl adjacent to an activating group) is 1. The lowest BCUT2D eigenvalue weighted by Crippen LogP contribution is -2.53. The second-order valence-corrected chi connectivity index (χ2v) is 5.47. The predicted octanol–water partition coefficient (Wildman–Crippen LogP) is 2.34. The van der Waals surface area contributed by atoms with Crippen molar-refractivity contribution in [3.05, 3.63) is 35.4 Å². The van der Waals surface area contributed by atoms with Gasteiger partial charge >= 0.3 is 0 Å². The molecule has 2 rings (SSSR count). The largest absolute Gasteiger partial charge is 0.302 e. The van der Waals surface area contributed by atoms with Crippen LogP contribution in [0.4, 0.5) is 8.78 Å². The SMILES string of the molecule is CN(C)C1(C(NN)c2ccc(F)cc2F)CCCC1. The molecule has 106 valence electrons. The zero-order chi connectivity index (χ0) is 14.0. The van der Waals surface area contributed by atoms with E-state index in [9.17, 15) is 8.78 Å². The molecule has 5 heteroatoms. The van der Waals surface area contributed by atoms with Crippen molar-refractivity contribution in [2.24, 2.45) is 5.84 Å². The molecule has 0 heterocycles. The van der Waals surface area contributed by atoms with Gasteiger partial charge in [0.2, 0.25) is 0 Å². The fourth-order valence-corrected chi connectivity index (χ4v) is 3.25. The van der Waals surface area contributed by atoms with Crippen LogP contribution in [0, 0.1) is 11.6 Å². The van der Waals surface area contributed by atoms with Gasteiger partial charge < -0.3 is 4.90 Å². The average Bonchev–Trinajstić information content (AvgIpc) is 2.83. The first-order valence-electron chi connectivity index (χ1n) is 6.60. The number of nitrogens with two attached hydrogens (primary N) is 1. The number of rotatable bonds is 4. The Labute approximate surface area is 112 Å². The molecular formula is C14H21F2N3.